The number of nitrogens with two attached hydrogens (primary N) is 1. The Labute approximate surface area is 124 Å². The quantitative estimate of drug-likeness (QED) is 0.779. The number of aliphatic hydroxyl groups excluding tert-OH is 1. The van der Waals surface area contributed by atoms with Crippen LogP contribution >= 0.6 is 0 Å². The highest BCUT2D eigenvalue weighted by Gasteiger charge is 2.20. The van der Waals surface area contributed by atoms with E-state index in [0.29, 0.717) is 17.7 Å². The van der Waals surface area contributed by atoms with Crippen LogP contribution in [-0.2, 0) is 4.79 Å². The summed E-state index contributed by atoms with van der Waals surface area (Å²) < 4.78 is 0. The fourth-order valence-corrected chi connectivity index (χ4v) is 1.93. The van der Waals surface area contributed by atoms with Crippen LogP contribution in [0.5, 0.6) is 0 Å². The summed E-state index contributed by atoms with van der Waals surface area (Å²) in [4.78, 5) is 25.2. The topological polar surface area (TPSA) is 83.6 Å². The van der Waals surface area contributed by atoms with Gasteiger partial charge in [0.25, 0.3) is 5.91 Å². The molecule has 0 atom stereocenters. The molecule has 0 aromatic heterocycles. The average Bonchev–Trinajstić information content (AvgIpc) is 2.43. The van der Waals surface area contributed by atoms with Crippen molar-refractivity contribution < 1.29 is 14.7 Å². The molecule has 1 rings (SSSR count). The molecular weight excluding hydrogens is 268 g/mol. The first-order valence-corrected chi connectivity index (χ1v) is 6.72. The Kier molecular flexibility index (Phi) is 6.44. The maximum absolute atomic E-state index is 12.6. The fourth-order valence-electron chi connectivity index (χ4n) is 1.93. The van der Waals surface area contributed by atoms with Gasteiger partial charge in [-0.25, -0.2) is 0 Å². The molecule has 0 saturated heterocycles. The monoisotopic (exact) mass is 288 g/mol. The third kappa shape index (κ3) is 5.28. The predicted octanol–water partition coefficient (Wildman–Crippen LogP) is 0.614. The number of rotatable bonds is 5. The highest BCUT2D eigenvalue weighted by atomic mass is 16.2. The van der Waals surface area contributed by atoms with Gasteiger partial charge in [0.1, 0.15) is 6.61 Å². The second kappa shape index (κ2) is 8.08. The summed E-state index contributed by atoms with van der Waals surface area (Å²) in [5.41, 5.74) is 6.14. The average molecular weight is 288 g/mol. The van der Waals surface area contributed by atoms with Crippen molar-refractivity contribution in [2.24, 2.45) is 11.7 Å². The maximum atomic E-state index is 12.6. The van der Waals surface area contributed by atoms with Crippen LogP contribution in [0, 0.1) is 17.8 Å². The van der Waals surface area contributed by atoms with Crippen LogP contribution in [0.15, 0.2) is 24.3 Å². The number of nitrogens with zero attached hydrogens (tertiary/aromatic N) is 1. The van der Waals surface area contributed by atoms with Crippen molar-refractivity contribution in [3.63, 3.8) is 0 Å². The van der Waals surface area contributed by atoms with E-state index in [2.05, 4.69) is 11.8 Å². The van der Waals surface area contributed by atoms with E-state index in [1.165, 1.54) is 4.90 Å². The van der Waals surface area contributed by atoms with E-state index in [4.69, 9.17) is 10.8 Å². The molecule has 5 heteroatoms. The Morgan fingerprint density at radius 2 is 2.00 bits per heavy atom. The van der Waals surface area contributed by atoms with E-state index in [1.54, 1.807) is 24.3 Å². The van der Waals surface area contributed by atoms with Crippen LogP contribution in [0.25, 0.3) is 0 Å². The number of benzene rings is 1. The molecule has 21 heavy (non-hydrogen) atoms. The Balaban J connectivity index is 3.11. The normalized spacial score (nSPS) is 9.90. The number of hydrogen-bond donors (Lipinski definition) is 2. The van der Waals surface area contributed by atoms with E-state index >= 15 is 0 Å². The lowest BCUT2D eigenvalue weighted by Gasteiger charge is -2.23. The van der Waals surface area contributed by atoms with Gasteiger partial charge in [0.15, 0.2) is 0 Å². The number of primary amides is 1. The molecule has 0 heterocycles. The molecular formula is C16H20N2O3. The maximum Gasteiger partial charge on any atom is 0.255 e. The molecule has 0 aliphatic carbocycles. The van der Waals surface area contributed by atoms with Crippen molar-refractivity contribution >= 4 is 11.8 Å². The van der Waals surface area contributed by atoms with E-state index in [-0.39, 0.29) is 25.0 Å². The van der Waals surface area contributed by atoms with Gasteiger partial charge in [-0.3, -0.25) is 9.59 Å². The van der Waals surface area contributed by atoms with Gasteiger partial charge in [0.05, 0.1) is 12.1 Å². The summed E-state index contributed by atoms with van der Waals surface area (Å²) in [5, 5.41) is 8.77. The zero-order chi connectivity index (χ0) is 15.8. The smallest absolute Gasteiger partial charge is 0.255 e. The standard InChI is InChI=1S/C16H20N2O3/c1-12(2)10-18(11-15(17)20)16(21)14-8-4-3-6-13(14)7-5-9-19/h3-4,6,8,12,19H,9-11H2,1-2H3,(H2,17,20). The zero-order valence-electron chi connectivity index (χ0n) is 12.3. The Bertz CT molecular complexity index is 570. The fraction of sp³-hybridized carbons (Fsp3) is 0.375. The van der Waals surface area contributed by atoms with Gasteiger partial charge in [-0.2, -0.15) is 0 Å². The largest absolute Gasteiger partial charge is 0.384 e. The SMILES string of the molecule is CC(C)CN(CC(N)=O)C(=O)c1ccccc1C#CCO. The summed E-state index contributed by atoms with van der Waals surface area (Å²) >= 11 is 0. The summed E-state index contributed by atoms with van der Waals surface area (Å²) in [6.45, 7) is 3.94. The number of hydrogen-bond acceptors (Lipinski definition) is 3. The van der Waals surface area contributed by atoms with Crippen LogP contribution in [0.2, 0.25) is 0 Å². The van der Waals surface area contributed by atoms with Gasteiger partial charge in [0.2, 0.25) is 5.91 Å². The van der Waals surface area contributed by atoms with Gasteiger partial charge < -0.3 is 15.7 Å². The van der Waals surface area contributed by atoms with Crippen molar-refractivity contribution in [1.29, 1.82) is 0 Å². The van der Waals surface area contributed by atoms with E-state index in [9.17, 15) is 9.59 Å². The van der Waals surface area contributed by atoms with Crippen LogP contribution < -0.4 is 5.73 Å². The second-order valence-electron chi connectivity index (χ2n) is 5.05. The zero-order valence-corrected chi connectivity index (χ0v) is 12.3. The van der Waals surface area contributed by atoms with Gasteiger partial charge in [-0.1, -0.05) is 37.8 Å². The molecule has 5 nitrogen and oxygen atoms in total. The second-order valence-corrected chi connectivity index (χ2v) is 5.05. The van der Waals surface area contributed by atoms with Crippen LogP contribution in [0.4, 0.5) is 0 Å². The Hall–Kier alpha value is -2.32. The number of carbonyl (C=O) groups is 2. The first-order valence-electron chi connectivity index (χ1n) is 6.72. The van der Waals surface area contributed by atoms with Crippen LogP contribution in [-0.4, -0.2) is 41.5 Å². The highest BCUT2D eigenvalue weighted by Crippen LogP contribution is 2.12. The van der Waals surface area contributed by atoms with E-state index in [1.807, 2.05) is 13.8 Å². The molecule has 0 bridgehead atoms. The molecule has 112 valence electrons. The molecule has 0 aliphatic rings. The van der Waals surface area contributed by atoms with Gasteiger partial charge in [0, 0.05) is 12.1 Å². The lowest BCUT2D eigenvalue weighted by molar-refractivity contribution is -0.118. The van der Waals surface area contributed by atoms with Gasteiger partial charge in [-0.15, -0.1) is 0 Å². The molecule has 0 saturated carbocycles. The van der Waals surface area contributed by atoms with Gasteiger partial charge in [-0.05, 0) is 18.1 Å². The molecule has 0 unspecified atom stereocenters. The van der Waals surface area contributed by atoms with Crippen LogP contribution in [0.3, 0.4) is 0 Å². The molecule has 0 aliphatic heterocycles. The Morgan fingerprint density at radius 1 is 1.33 bits per heavy atom. The van der Waals surface area contributed by atoms with Crippen molar-refractivity contribution in [2.75, 3.05) is 19.7 Å². The molecule has 1 aromatic rings. The minimum atomic E-state index is -0.553. The van der Waals surface area contributed by atoms with Crippen molar-refractivity contribution in [3.05, 3.63) is 35.4 Å². The highest BCUT2D eigenvalue weighted by molar-refractivity contribution is 5.98. The van der Waals surface area contributed by atoms with Crippen molar-refractivity contribution in [3.8, 4) is 11.8 Å². The number of amides is 2. The molecule has 0 radical (unpaired) electrons. The molecule has 1 aromatic carbocycles. The molecule has 0 spiro atoms. The number of aliphatic hydroxyl groups is 1. The lowest BCUT2D eigenvalue weighted by Crippen LogP contribution is -2.40. The molecule has 2 amide bonds. The van der Waals surface area contributed by atoms with Crippen molar-refractivity contribution in [1.82, 2.24) is 4.90 Å². The minimum Gasteiger partial charge on any atom is -0.384 e. The van der Waals surface area contributed by atoms with Crippen LogP contribution in [0.1, 0.15) is 29.8 Å². The summed E-state index contributed by atoms with van der Waals surface area (Å²) in [5.74, 6) is 4.64. The summed E-state index contributed by atoms with van der Waals surface area (Å²) in [7, 11) is 0. The van der Waals surface area contributed by atoms with E-state index < -0.39 is 5.91 Å². The minimum absolute atomic E-state index is 0.126. The summed E-state index contributed by atoms with van der Waals surface area (Å²) in [6, 6.07) is 6.85. The van der Waals surface area contributed by atoms with Gasteiger partial charge >= 0.3 is 0 Å². The number of carbonyl (C=O) groups excluding carboxylic acids is 2. The first kappa shape index (κ1) is 16.7. The first-order chi connectivity index (χ1) is 9.95. The molecule has 3 N–H and O–H groups in total. The third-order valence-electron chi connectivity index (χ3n) is 2.68. The predicted molar refractivity (Wildman–Crippen MR) is 80.3 cm³/mol. The lowest BCUT2D eigenvalue weighted by atomic mass is 10.1. The summed E-state index contributed by atoms with van der Waals surface area (Å²) in [6.07, 6.45) is 0. The third-order valence-corrected chi connectivity index (χ3v) is 2.68. The molecule has 0 fully saturated rings. The Morgan fingerprint density at radius 3 is 2.57 bits per heavy atom. The van der Waals surface area contributed by atoms with E-state index in [0.717, 1.165) is 0 Å². The van der Waals surface area contributed by atoms with Crippen molar-refractivity contribution in [2.45, 2.75) is 13.8 Å².